The highest BCUT2D eigenvalue weighted by Gasteiger charge is 2.39. The molecule has 2 aliphatic heterocycles. The average Bonchev–Trinajstić information content (AvgIpc) is 3.05. The highest BCUT2D eigenvalue weighted by molar-refractivity contribution is 5.75. The van der Waals surface area contributed by atoms with Gasteiger partial charge in [0.15, 0.2) is 0 Å². The van der Waals surface area contributed by atoms with Crippen molar-refractivity contribution >= 4 is 6.03 Å². The summed E-state index contributed by atoms with van der Waals surface area (Å²) in [4.78, 5) is 16.9. The maximum absolute atomic E-state index is 13.0. The molecule has 0 unspecified atom stereocenters. The summed E-state index contributed by atoms with van der Waals surface area (Å²) < 4.78 is 16.5. The van der Waals surface area contributed by atoms with Gasteiger partial charge in [0.25, 0.3) is 0 Å². The molecule has 0 bridgehead atoms. The van der Waals surface area contributed by atoms with Crippen LogP contribution < -0.4 is 0 Å². The number of rotatable bonds is 6. The van der Waals surface area contributed by atoms with Gasteiger partial charge in [0.05, 0.1) is 38.6 Å². The second-order valence-corrected chi connectivity index (χ2v) is 6.52. The van der Waals surface area contributed by atoms with E-state index in [2.05, 4.69) is 12.1 Å². The van der Waals surface area contributed by atoms with Crippen LogP contribution in [0, 0.1) is 0 Å². The third-order valence-corrected chi connectivity index (χ3v) is 4.92. The molecule has 2 amide bonds. The van der Waals surface area contributed by atoms with E-state index >= 15 is 0 Å². The molecule has 0 spiro atoms. The van der Waals surface area contributed by atoms with E-state index in [4.69, 9.17) is 14.2 Å². The molecule has 25 heavy (non-hydrogen) atoms. The smallest absolute Gasteiger partial charge is 0.320 e. The molecule has 6 heteroatoms. The minimum atomic E-state index is 0.0559. The van der Waals surface area contributed by atoms with Crippen LogP contribution in [0.2, 0.25) is 0 Å². The lowest BCUT2D eigenvalue weighted by Crippen LogP contribution is -2.51. The van der Waals surface area contributed by atoms with Crippen molar-refractivity contribution in [3.05, 3.63) is 35.9 Å². The fourth-order valence-electron chi connectivity index (χ4n) is 3.57. The molecule has 2 fully saturated rings. The molecule has 0 aliphatic carbocycles. The van der Waals surface area contributed by atoms with Gasteiger partial charge in [-0.1, -0.05) is 30.3 Å². The fraction of sp³-hybridized carbons (Fsp3) is 0.632. The van der Waals surface area contributed by atoms with Gasteiger partial charge in [-0.3, -0.25) is 0 Å². The van der Waals surface area contributed by atoms with Gasteiger partial charge in [0.1, 0.15) is 0 Å². The molecule has 2 aliphatic rings. The van der Waals surface area contributed by atoms with E-state index in [0.29, 0.717) is 39.5 Å². The van der Waals surface area contributed by atoms with E-state index in [1.807, 2.05) is 28.0 Å². The number of carbonyl (C=O) groups excluding carboxylic acids is 1. The maximum atomic E-state index is 13.0. The molecule has 0 aromatic heterocycles. The number of benzene rings is 1. The lowest BCUT2D eigenvalue weighted by Gasteiger charge is -2.35. The fourth-order valence-corrected chi connectivity index (χ4v) is 3.57. The molecule has 2 heterocycles. The molecular formula is C19H28N2O4. The van der Waals surface area contributed by atoms with Crippen molar-refractivity contribution in [2.45, 2.75) is 25.0 Å². The lowest BCUT2D eigenvalue weighted by atomic mass is 10.0. The van der Waals surface area contributed by atoms with Crippen molar-refractivity contribution < 1.29 is 19.0 Å². The normalized spacial score (nSPS) is 23.9. The number of likely N-dealkylation sites (tertiary alicyclic amines) is 1. The third kappa shape index (κ3) is 4.71. The molecule has 1 aromatic carbocycles. The number of amides is 2. The van der Waals surface area contributed by atoms with Gasteiger partial charge in [-0.2, -0.15) is 0 Å². The molecule has 1 aromatic rings. The minimum absolute atomic E-state index is 0.0559. The van der Waals surface area contributed by atoms with Crippen LogP contribution in [-0.2, 0) is 20.6 Å². The topological polar surface area (TPSA) is 51.2 Å². The van der Waals surface area contributed by atoms with Gasteiger partial charge in [-0.15, -0.1) is 0 Å². The van der Waals surface area contributed by atoms with Crippen LogP contribution in [0.1, 0.15) is 12.0 Å². The van der Waals surface area contributed by atoms with E-state index < -0.39 is 0 Å². The monoisotopic (exact) mass is 348 g/mol. The van der Waals surface area contributed by atoms with E-state index in [-0.39, 0.29) is 18.2 Å². The Morgan fingerprint density at radius 3 is 2.64 bits per heavy atom. The van der Waals surface area contributed by atoms with E-state index in [1.54, 1.807) is 7.11 Å². The Labute approximate surface area is 149 Å². The van der Waals surface area contributed by atoms with Crippen molar-refractivity contribution in [2.24, 2.45) is 0 Å². The SMILES string of the molecule is COCCO[C@@H]1CCN(C(=O)N2CCOCC2)[C@@H]1Cc1ccccc1. The minimum Gasteiger partial charge on any atom is -0.382 e. The number of methoxy groups -OCH3 is 1. The summed E-state index contributed by atoms with van der Waals surface area (Å²) in [6, 6.07) is 10.5. The molecule has 138 valence electrons. The first kappa shape index (κ1) is 18.2. The zero-order valence-electron chi connectivity index (χ0n) is 14.9. The van der Waals surface area contributed by atoms with Crippen molar-refractivity contribution in [3.63, 3.8) is 0 Å². The van der Waals surface area contributed by atoms with Gasteiger partial charge >= 0.3 is 6.03 Å². The van der Waals surface area contributed by atoms with Crippen LogP contribution in [0.15, 0.2) is 30.3 Å². The molecular weight excluding hydrogens is 320 g/mol. The van der Waals surface area contributed by atoms with Gasteiger partial charge in [0, 0.05) is 26.7 Å². The van der Waals surface area contributed by atoms with Crippen molar-refractivity contribution in [1.82, 2.24) is 9.80 Å². The molecule has 6 nitrogen and oxygen atoms in total. The van der Waals surface area contributed by atoms with Crippen LogP contribution in [0.5, 0.6) is 0 Å². The van der Waals surface area contributed by atoms with Gasteiger partial charge < -0.3 is 24.0 Å². The van der Waals surface area contributed by atoms with Crippen LogP contribution in [0.25, 0.3) is 0 Å². The summed E-state index contributed by atoms with van der Waals surface area (Å²) in [7, 11) is 1.67. The molecule has 0 N–H and O–H groups in total. The lowest BCUT2D eigenvalue weighted by molar-refractivity contribution is -0.00135. The first-order chi connectivity index (χ1) is 12.3. The molecule has 0 saturated carbocycles. The van der Waals surface area contributed by atoms with E-state index in [0.717, 1.165) is 19.4 Å². The predicted molar refractivity (Wildman–Crippen MR) is 94.7 cm³/mol. The number of hydrogen-bond acceptors (Lipinski definition) is 4. The average molecular weight is 348 g/mol. The Hall–Kier alpha value is -1.63. The molecule has 0 radical (unpaired) electrons. The highest BCUT2D eigenvalue weighted by Crippen LogP contribution is 2.26. The number of nitrogens with zero attached hydrogens (tertiary/aromatic N) is 2. The van der Waals surface area contributed by atoms with Crippen LogP contribution in [-0.4, -0.2) is 81.1 Å². The molecule has 2 atom stereocenters. The van der Waals surface area contributed by atoms with E-state index in [1.165, 1.54) is 5.56 Å². The first-order valence-corrected chi connectivity index (χ1v) is 9.07. The van der Waals surface area contributed by atoms with Crippen molar-refractivity contribution in [2.75, 3.05) is 53.2 Å². The summed E-state index contributed by atoms with van der Waals surface area (Å²) in [5.41, 5.74) is 1.23. The summed E-state index contributed by atoms with van der Waals surface area (Å²) >= 11 is 0. The Morgan fingerprint density at radius 1 is 1.16 bits per heavy atom. The van der Waals surface area contributed by atoms with Gasteiger partial charge in [-0.25, -0.2) is 4.79 Å². The highest BCUT2D eigenvalue weighted by atomic mass is 16.5. The number of morpholine rings is 1. The molecule has 2 saturated heterocycles. The summed E-state index contributed by atoms with van der Waals surface area (Å²) in [5, 5.41) is 0. The summed E-state index contributed by atoms with van der Waals surface area (Å²) in [6.07, 6.45) is 1.74. The Kier molecular flexibility index (Phi) is 6.67. The number of carbonyl (C=O) groups is 1. The summed E-state index contributed by atoms with van der Waals surface area (Å²) in [6.45, 7) is 4.46. The van der Waals surface area contributed by atoms with E-state index in [9.17, 15) is 4.79 Å². The Bertz CT molecular complexity index is 533. The number of urea groups is 1. The molecule has 3 rings (SSSR count). The second-order valence-electron chi connectivity index (χ2n) is 6.52. The Morgan fingerprint density at radius 2 is 1.92 bits per heavy atom. The number of hydrogen-bond donors (Lipinski definition) is 0. The quantitative estimate of drug-likeness (QED) is 0.736. The van der Waals surface area contributed by atoms with Gasteiger partial charge in [0.2, 0.25) is 0 Å². The van der Waals surface area contributed by atoms with Crippen LogP contribution in [0.3, 0.4) is 0 Å². The third-order valence-electron chi connectivity index (χ3n) is 4.92. The van der Waals surface area contributed by atoms with Crippen molar-refractivity contribution in [1.29, 1.82) is 0 Å². The second kappa shape index (κ2) is 9.17. The van der Waals surface area contributed by atoms with Gasteiger partial charge in [-0.05, 0) is 18.4 Å². The Balaban J connectivity index is 1.69. The first-order valence-electron chi connectivity index (χ1n) is 9.07. The van der Waals surface area contributed by atoms with Crippen LogP contribution >= 0.6 is 0 Å². The maximum Gasteiger partial charge on any atom is 0.320 e. The van der Waals surface area contributed by atoms with Crippen LogP contribution in [0.4, 0.5) is 4.79 Å². The summed E-state index contributed by atoms with van der Waals surface area (Å²) in [5.74, 6) is 0. The predicted octanol–water partition coefficient (Wildman–Crippen LogP) is 1.79. The number of ether oxygens (including phenoxy) is 3. The zero-order chi connectivity index (χ0) is 17.5. The van der Waals surface area contributed by atoms with Crippen molar-refractivity contribution in [3.8, 4) is 0 Å². The zero-order valence-corrected chi connectivity index (χ0v) is 14.9. The standard InChI is InChI=1S/C19H28N2O4/c1-23-13-14-25-18-7-8-21(19(22)20-9-11-24-12-10-20)17(18)15-16-5-3-2-4-6-16/h2-6,17-18H,7-15H2,1H3/t17-,18-/m1/s1. The largest absolute Gasteiger partial charge is 0.382 e.